The maximum atomic E-state index is 9.32. The molecule has 0 saturated heterocycles. The number of rotatable bonds is 4. The van der Waals surface area contributed by atoms with E-state index in [4.69, 9.17) is 11.6 Å². The number of hydrogen-bond donors (Lipinski definition) is 2. The number of nitrogens with one attached hydrogen (secondary N) is 1. The lowest BCUT2D eigenvalue weighted by molar-refractivity contribution is 0.475. The zero-order chi connectivity index (χ0) is 12.3. The third kappa shape index (κ3) is 3.22. The lowest BCUT2D eigenvalue weighted by Gasteiger charge is -2.12. The van der Waals surface area contributed by atoms with Gasteiger partial charge in [0.15, 0.2) is 0 Å². The fourth-order valence-corrected chi connectivity index (χ4v) is 2.53. The summed E-state index contributed by atoms with van der Waals surface area (Å²) >= 11 is 7.60. The van der Waals surface area contributed by atoms with E-state index >= 15 is 0 Å². The third-order valence-electron chi connectivity index (χ3n) is 2.59. The summed E-state index contributed by atoms with van der Waals surface area (Å²) in [5.41, 5.74) is 1.07. The number of aromatic hydroxyl groups is 1. The highest BCUT2D eigenvalue weighted by atomic mass is 35.5. The molecule has 1 aromatic heterocycles. The first kappa shape index (κ1) is 12.4. The summed E-state index contributed by atoms with van der Waals surface area (Å²) in [6.07, 6.45) is 0. The maximum absolute atomic E-state index is 9.32. The van der Waals surface area contributed by atoms with Gasteiger partial charge in [-0.3, -0.25) is 0 Å². The summed E-state index contributed by atoms with van der Waals surface area (Å²) in [6.45, 7) is 2.87. The van der Waals surface area contributed by atoms with Gasteiger partial charge < -0.3 is 10.4 Å². The van der Waals surface area contributed by atoms with Gasteiger partial charge in [0.05, 0.1) is 5.02 Å². The second kappa shape index (κ2) is 5.54. The van der Waals surface area contributed by atoms with Crippen molar-refractivity contribution in [2.45, 2.75) is 19.5 Å². The molecule has 2 aromatic rings. The predicted octanol–water partition coefficient (Wildman–Crippen LogP) is 3.96. The number of phenols is 1. The Hall–Kier alpha value is -1.03. The molecule has 0 aliphatic heterocycles. The summed E-state index contributed by atoms with van der Waals surface area (Å²) < 4.78 is 0. The first-order valence-electron chi connectivity index (χ1n) is 5.41. The molecule has 4 heteroatoms. The van der Waals surface area contributed by atoms with Gasteiger partial charge in [-0.15, -0.1) is 11.3 Å². The van der Waals surface area contributed by atoms with Crippen LogP contribution in [0.4, 0.5) is 0 Å². The first-order chi connectivity index (χ1) is 8.16. The largest absolute Gasteiger partial charge is 0.506 e. The van der Waals surface area contributed by atoms with E-state index in [9.17, 15) is 5.11 Å². The lowest BCUT2D eigenvalue weighted by atomic mass is 10.2. The zero-order valence-corrected chi connectivity index (χ0v) is 11.1. The van der Waals surface area contributed by atoms with Gasteiger partial charge in [-0.1, -0.05) is 23.7 Å². The molecule has 1 unspecified atom stereocenters. The van der Waals surface area contributed by atoms with Crippen molar-refractivity contribution in [1.82, 2.24) is 5.32 Å². The van der Waals surface area contributed by atoms with Crippen molar-refractivity contribution in [2.75, 3.05) is 0 Å². The average Bonchev–Trinajstić information content (AvgIpc) is 2.84. The molecule has 0 saturated carbocycles. The molecule has 0 fully saturated rings. The second-order valence-corrected chi connectivity index (χ2v) is 5.29. The zero-order valence-electron chi connectivity index (χ0n) is 9.48. The van der Waals surface area contributed by atoms with Crippen LogP contribution >= 0.6 is 22.9 Å². The monoisotopic (exact) mass is 267 g/mol. The minimum absolute atomic E-state index is 0.127. The van der Waals surface area contributed by atoms with Crippen LogP contribution in [-0.2, 0) is 6.54 Å². The van der Waals surface area contributed by atoms with Gasteiger partial charge in [0.25, 0.3) is 0 Å². The smallest absolute Gasteiger partial charge is 0.134 e. The molecule has 1 aromatic carbocycles. The van der Waals surface area contributed by atoms with Crippen LogP contribution in [0.1, 0.15) is 23.4 Å². The fraction of sp³-hybridized carbons (Fsp3) is 0.231. The Morgan fingerprint density at radius 3 is 2.88 bits per heavy atom. The molecule has 2 rings (SSSR count). The van der Waals surface area contributed by atoms with Gasteiger partial charge in [-0.2, -0.15) is 0 Å². The summed E-state index contributed by atoms with van der Waals surface area (Å²) in [4.78, 5) is 1.31. The molecule has 0 spiro atoms. The van der Waals surface area contributed by atoms with Gasteiger partial charge in [-0.05, 0) is 36.1 Å². The van der Waals surface area contributed by atoms with E-state index in [2.05, 4.69) is 29.8 Å². The van der Waals surface area contributed by atoms with E-state index in [1.165, 1.54) is 4.88 Å². The van der Waals surface area contributed by atoms with Crippen LogP contribution in [0, 0.1) is 0 Å². The summed E-state index contributed by atoms with van der Waals surface area (Å²) in [7, 11) is 0. The van der Waals surface area contributed by atoms with Crippen LogP contribution in [-0.4, -0.2) is 5.11 Å². The van der Waals surface area contributed by atoms with Gasteiger partial charge in [0.2, 0.25) is 0 Å². The minimum atomic E-state index is 0.127. The summed E-state index contributed by atoms with van der Waals surface area (Å²) in [5, 5.41) is 15.2. The predicted molar refractivity (Wildman–Crippen MR) is 72.7 cm³/mol. The van der Waals surface area contributed by atoms with Gasteiger partial charge in [0.1, 0.15) is 5.75 Å². The Bertz CT molecular complexity index is 484. The van der Waals surface area contributed by atoms with Crippen molar-refractivity contribution in [1.29, 1.82) is 0 Å². The molecule has 0 bridgehead atoms. The highest BCUT2D eigenvalue weighted by molar-refractivity contribution is 7.10. The number of hydrogen-bond acceptors (Lipinski definition) is 3. The molecule has 1 heterocycles. The Labute approximate surface area is 110 Å². The van der Waals surface area contributed by atoms with Crippen LogP contribution in [0.3, 0.4) is 0 Å². The number of halogens is 1. The van der Waals surface area contributed by atoms with Crippen LogP contribution < -0.4 is 5.32 Å². The lowest BCUT2D eigenvalue weighted by Crippen LogP contribution is -2.17. The van der Waals surface area contributed by atoms with Crippen molar-refractivity contribution >= 4 is 22.9 Å². The van der Waals surface area contributed by atoms with Crippen molar-refractivity contribution in [3.05, 3.63) is 51.2 Å². The second-order valence-electron chi connectivity index (χ2n) is 3.90. The molecule has 0 aliphatic rings. The Balaban J connectivity index is 1.96. The van der Waals surface area contributed by atoms with E-state index in [1.54, 1.807) is 23.5 Å². The van der Waals surface area contributed by atoms with Crippen molar-refractivity contribution in [2.24, 2.45) is 0 Å². The maximum Gasteiger partial charge on any atom is 0.134 e. The van der Waals surface area contributed by atoms with Gasteiger partial charge in [0, 0.05) is 17.5 Å². The minimum Gasteiger partial charge on any atom is -0.506 e. The standard InChI is InChI=1S/C13H14ClNOS/c1-9(13-3-2-6-17-13)15-8-10-4-5-12(16)11(14)7-10/h2-7,9,15-16H,8H2,1H3. The van der Waals surface area contributed by atoms with Gasteiger partial charge >= 0.3 is 0 Å². The van der Waals surface area contributed by atoms with E-state index in [1.807, 2.05) is 6.07 Å². The van der Waals surface area contributed by atoms with Crippen LogP contribution in [0.5, 0.6) is 5.75 Å². The number of thiophene rings is 1. The molecule has 0 radical (unpaired) electrons. The van der Waals surface area contributed by atoms with E-state index < -0.39 is 0 Å². The van der Waals surface area contributed by atoms with E-state index in [0.717, 1.165) is 12.1 Å². The van der Waals surface area contributed by atoms with E-state index in [-0.39, 0.29) is 5.75 Å². The first-order valence-corrected chi connectivity index (χ1v) is 6.67. The molecular weight excluding hydrogens is 254 g/mol. The Morgan fingerprint density at radius 2 is 2.24 bits per heavy atom. The summed E-state index contributed by atoms with van der Waals surface area (Å²) in [5.74, 6) is 0.127. The quantitative estimate of drug-likeness (QED) is 0.879. The molecule has 17 heavy (non-hydrogen) atoms. The molecule has 2 N–H and O–H groups in total. The van der Waals surface area contributed by atoms with Crippen LogP contribution in [0.2, 0.25) is 5.02 Å². The fourth-order valence-electron chi connectivity index (χ4n) is 1.57. The normalized spacial score (nSPS) is 12.6. The molecule has 0 aliphatic carbocycles. The molecular formula is C13H14ClNOS. The highest BCUT2D eigenvalue weighted by Crippen LogP contribution is 2.24. The number of phenolic OH excluding ortho intramolecular Hbond substituents is 1. The van der Waals surface area contributed by atoms with Crippen molar-refractivity contribution < 1.29 is 5.11 Å². The molecule has 1 atom stereocenters. The Morgan fingerprint density at radius 1 is 1.41 bits per heavy atom. The van der Waals surface area contributed by atoms with E-state index in [0.29, 0.717) is 11.1 Å². The van der Waals surface area contributed by atoms with Crippen molar-refractivity contribution in [3.63, 3.8) is 0 Å². The average molecular weight is 268 g/mol. The Kier molecular flexibility index (Phi) is 4.05. The highest BCUT2D eigenvalue weighted by Gasteiger charge is 2.06. The summed E-state index contributed by atoms with van der Waals surface area (Å²) in [6, 6.07) is 9.76. The molecule has 90 valence electrons. The topological polar surface area (TPSA) is 32.3 Å². The molecule has 0 amide bonds. The number of benzene rings is 1. The van der Waals surface area contributed by atoms with Crippen molar-refractivity contribution in [3.8, 4) is 5.75 Å². The molecule has 2 nitrogen and oxygen atoms in total. The third-order valence-corrected chi connectivity index (χ3v) is 3.95. The van der Waals surface area contributed by atoms with Gasteiger partial charge in [-0.25, -0.2) is 0 Å². The van der Waals surface area contributed by atoms with Crippen LogP contribution in [0.15, 0.2) is 35.7 Å². The van der Waals surface area contributed by atoms with Crippen LogP contribution in [0.25, 0.3) is 0 Å². The SMILES string of the molecule is CC(NCc1ccc(O)c(Cl)c1)c1cccs1.